The summed E-state index contributed by atoms with van der Waals surface area (Å²) in [6, 6.07) is 10.2. The Labute approximate surface area is 154 Å². The molecule has 0 fully saturated rings. The molecule has 0 aliphatic carbocycles. The molecule has 0 heterocycles. The van der Waals surface area contributed by atoms with Gasteiger partial charge in [-0.15, -0.1) is 35.7 Å². The van der Waals surface area contributed by atoms with Crippen LogP contribution >= 0.6 is 35.7 Å². The van der Waals surface area contributed by atoms with E-state index in [4.69, 9.17) is 0 Å². The molecule has 8 heteroatoms. The van der Waals surface area contributed by atoms with Crippen LogP contribution < -0.4 is 10.6 Å². The first-order valence-electron chi connectivity index (χ1n) is 6.81. The van der Waals surface area contributed by atoms with E-state index in [1.54, 1.807) is 18.8 Å². The average molecular weight is 457 g/mol. The van der Waals surface area contributed by atoms with Crippen molar-refractivity contribution >= 4 is 51.5 Å². The molecular formula is C14H24IN3O2S2. The van der Waals surface area contributed by atoms with E-state index in [2.05, 4.69) is 27.8 Å². The van der Waals surface area contributed by atoms with Crippen LogP contribution in [0.4, 0.5) is 0 Å². The Morgan fingerprint density at radius 1 is 1.18 bits per heavy atom. The van der Waals surface area contributed by atoms with E-state index in [-0.39, 0.29) is 29.7 Å². The lowest BCUT2D eigenvalue weighted by Crippen LogP contribution is -2.39. The fraction of sp³-hybridized carbons (Fsp3) is 0.500. The van der Waals surface area contributed by atoms with E-state index >= 15 is 0 Å². The van der Waals surface area contributed by atoms with Crippen molar-refractivity contribution in [2.24, 2.45) is 4.99 Å². The summed E-state index contributed by atoms with van der Waals surface area (Å²) in [5.41, 5.74) is 0. The zero-order valence-corrected chi connectivity index (χ0v) is 16.9. The SMILES string of the molecule is CN=C(NCCCS(C)(=O)=O)NCCSc1ccccc1.I. The molecule has 0 spiro atoms. The Kier molecular flexibility index (Phi) is 11.7. The van der Waals surface area contributed by atoms with Crippen molar-refractivity contribution in [3.8, 4) is 0 Å². The molecule has 0 amide bonds. The smallest absolute Gasteiger partial charge is 0.191 e. The van der Waals surface area contributed by atoms with Crippen LogP contribution in [0.3, 0.4) is 0 Å². The minimum atomic E-state index is -2.88. The third-order valence-corrected chi connectivity index (χ3v) is 4.66. The van der Waals surface area contributed by atoms with E-state index in [9.17, 15) is 8.42 Å². The van der Waals surface area contributed by atoms with Gasteiger partial charge in [-0.25, -0.2) is 8.42 Å². The largest absolute Gasteiger partial charge is 0.356 e. The van der Waals surface area contributed by atoms with Crippen LogP contribution in [0.5, 0.6) is 0 Å². The van der Waals surface area contributed by atoms with E-state index in [0.29, 0.717) is 18.9 Å². The quantitative estimate of drug-likeness (QED) is 0.206. The summed E-state index contributed by atoms with van der Waals surface area (Å²) < 4.78 is 22.0. The lowest BCUT2D eigenvalue weighted by Gasteiger charge is -2.11. The van der Waals surface area contributed by atoms with Crippen molar-refractivity contribution in [3.63, 3.8) is 0 Å². The fourth-order valence-electron chi connectivity index (χ4n) is 1.62. The van der Waals surface area contributed by atoms with E-state index in [1.807, 2.05) is 18.2 Å². The minimum absolute atomic E-state index is 0. The monoisotopic (exact) mass is 457 g/mol. The molecule has 22 heavy (non-hydrogen) atoms. The van der Waals surface area contributed by atoms with Crippen LogP contribution in [-0.4, -0.2) is 52.3 Å². The number of thioether (sulfide) groups is 1. The van der Waals surface area contributed by atoms with Gasteiger partial charge in [-0.05, 0) is 18.6 Å². The highest BCUT2D eigenvalue weighted by atomic mass is 127. The summed E-state index contributed by atoms with van der Waals surface area (Å²) in [5.74, 6) is 1.84. The molecule has 0 radical (unpaired) electrons. The standard InChI is InChI=1S/C14H23N3O2S2.HI/c1-15-14(16-9-6-12-21(2,18)19)17-10-11-20-13-7-4-3-5-8-13;/h3-5,7-8H,6,9-12H2,1-2H3,(H2,15,16,17);1H. The fourth-order valence-corrected chi connectivity index (χ4v) is 3.07. The second kappa shape index (κ2) is 12.0. The maximum absolute atomic E-state index is 11.0. The highest BCUT2D eigenvalue weighted by Gasteiger charge is 2.02. The summed E-state index contributed by atoms with van der Waals surface area (Å²) in [6.45, 7) is 1.39. The van der Waals surface area contributed by atoms with E-state index in [0.717, 1.165) is 12.3 Å². The second-order valence-corrected chi connectivity index (χ2v) is 8.00. The van der Waals surface area contributed by atoms with Gasteiger partial charge in [0, 0.05) is 37.0 Å². The highest BCUT2D eigenvalue weighted by molar-refractivity contribution is 14.0. The Morgan fingerprint density at radius 3 is 2.41 bits per heavy atom. The van der Waals surface area contributed by atoms with Crippen molar-refractivity contribution in [1.29, 1.82) is 0 Å². The molecule has 2 N–H and O–H groups in total. The molecule has 0 aromatic heterocycles. The van der Waals surface area contributed by atoms with Gasteiger partial charge in [0.15, 0.2) is 5.96 Å². The number of aliphatic imine (C=N–C) groups is 1. The lowest BCUT2D eigenvalue weighted by atomic mass is 10.4. The number of guanidine groups is 1. The number of benzene rings is 1. The molecular weight excluding hydrogens is 433 g/mol. The Morgan fingerprint density at radius 2 is 1.82 bits per heavy atom. The molecule has 0 unspecified atom stereocenters. The molecule has 1 rings (SSSR count). The predicted molar refractivity (Wildman–Crippen MR) is 106 cm³/mol. The van der Waals surface area contributed by atoms with Gasteiger partial charge >= 0.3 is 0 Å². The number of sulfone groups is 1. The first kappa shape index (κ1) is 21.5. The van der Waals surface area contributed by atoms with Gasteiger partial charge < -0.3 is 10.6 Å². The first-order chi connectivity index (χ1) is 10.0. The van der Waals surface area contributed by atoms with Gasteiger partial charge in [-0.1, -0.05) is 18.2 Å². The summed E-state index contributed by atoms with van der Waals surface area (Å²) in [4.78, 5) is 5.35. The molecule has 0 saturated heterocycles. The molecule has 5 nitrogen and oxygen atoms in total. The van der Waals surface area contributed by atoms with Crippen LogP contribution in [0.2, 0.25) is 0 Å². The van der Waals surface area contributed by atoms with Gasteiger partial charge in [0.1, 0.15) is 9.84 Å². The zero-order chi connectivity index (χ0) is 15.6. The third kappa shape index (κ3) is 11.1. The topological polar surface area (TPSA) is 70.6 Å². The van der Waals surface area contributed by atoms with Crippen molar-refractivity contribution in [2.75, 3.05) is 37.9 Å². The highest BCUT2D eigenvalue weighted by Crippen LogP contribution is 2.15. The van der Waals surface area contributed by atoms with Crippen LogP contribution in [0.1, 0.15) is 6.42 Å². The van der Waals surface area contributed by atoms with Gasteiger partial charge in [-0.3, -0.25) is 4.99 Å². The third-order valence-electron chi connectivity index (χ3n) is 2.61. The van der Waals surface area contributed by atoms with Crippen LogP contribution in [0, 0.1) is 0 Å². The average Bonchev–Trinajstić information content (AvgIpc) is 2.45. The van der Waals surface area contributed by atoms with Crippen LogP contribution in [0.15, 0.2) is 40.2 Å². The predicted octanol–water partition coefficient (Wildman–Crippen LogP) is 2.00. The van der Waals surface area contributed by atoms with Crippen LogP contribution in [-0.2, 0) is 9.84 Å². The molecule has 0 aliphatic rings. The van der Waals surface area contributed by atoms with Gasteiger partial charge in [-0.2, -0.15) is 0 Å². The molecule has 126 valence electrons. The number of halogens is 1. The number of hydrogen-bond acceptors (Lipinski definition) is 4. The summed E-state index contributed by atoms with van der Waals surface area (Å²) in [5, 5.41) is 6.31. The molecule has 1 aromatic rings. The maximum atomic E-state index is 11.0. The molecule has 0 bridgehead atoms. The van der Waals surface area contributed by atoms with Crippen molar-refractivity contribution in [1.82, 2.24) is 10.6 Å². The van der Waals surface area contributed by atoms with Crippen molar-refractivity contribution < 1.29 is 8.42 Å². The Hall–Kier alpha value is -0.480. The Bertz CT molecular complexity index is 536. The summed E-state index contributed by atoms with van der Waals surface area (Å²) in [7, 11) is -1.18. The molecule has 1 aromatic carbocycles. The van der Waals surface area contributed by atoms with E-state index < -0.39 is 9.84 Å². The summed E-state index contributed by atoms with van der Waals surface area (Å²) in [6.07, 6.45) is 1.83. The second-order valence-electron chi connectivity index (χ2n) is 4.57. The molecule has 0 saturated carbocycles. The molecule has 0 atom stereocenters. The number of hydrogen-bond donors (Lipinski definition) is 2. The zero-order valence-electron chi connectivity index (χ0n) is 12.9. The van der Waals surface area contributed by atoms with Crippen molar-refractivity contribution in [2.45, 2.75) is 11.3 Å². The number of rotatable bonds is 8. The Balaban J connectivity index is 0.00000441. The minimum Gasteiger partial charge on any atom is -0.356 e. The number of nitrogens with one attached hydrogen (secondary N) is 2. The van der Waals surface area contributed by atoms with Gasteiger partial charge in [0.2, 0.25) is 0 Å². The first-order valence-corrected chi connectivity index (χ1v) is 9.86. The van der Waals surface area contributed by atoms with Crippen LogP contribution in [0.25, 0.3) is 0 Å². The van der Waals surface area contributed by atoms with Crippen molar-refractivity contribution in [3.05, 3.63) is 30.3 Å². The van der Waals surface area contributed by atoms with E-state index in [1.165, 1.54) is 11.2 Å². The van der Waals surface area contributed by atoms with Gasteiger partial charge in [0.25, 0.3) is 0 Å². The maximum Gasteiger partial charge on any atom is 0.191 e. The molecule has 0 aliphatic heterocycles. The number of nitrogens with zero attached hydrogens (tertiary/aromatic N) is 1. The van der Waals surface area contributed by atoms with Gasteiger partial charge in [0.05, 0.1) is 5.75 Å². The lowest BCUT2D eigenvalue weighted by molar-refractivity contribution is 0.598. The summed E-state index contributed by atoms with van der Waals surface area (Å²) >= 11 is 1.78. The normalized spacial score (nSPS) is 11.6.